The lowest BCUT2D eigenvalue weighted by Gasteiger charge is -2.42. The minimum atomic E-state index is -5.27. The third-order valence-electron chi connectivity index (χ3n) is 3.42. The van der Waals surface area contributed by atoms with Gasteiger partial charge in [-0.2, -0.15) is 13.2 Å². The van der Waals surface area contributed by atoms with E-state index in [1.165, 1.54) is 0 Å². The molecule has 1 nitrogen and oxygen atoms in total. The van der Waals surface area contributed by atoms with E-state index in [0.29, 0.717) is 12.8 Å². The molecule has 1 saturated carbocycles. The molecule has 1 rings (SSSR count). The smallest absolute Gasteiger partial charge is 0.379 e. The largest absolute Gasteiger partial charge is 0.420 e. The fraction of sp³-hybridized carbons (Fsp3) is 1.00. The fourth-order valence-electron chi connectivity index (χ4n) is 2.20. The van der Waals surface area contributed by atoms with Crippen LogP contribution in [0.25, 0.3) is 0 Å². The van der Waals surface area contributed by atoms with Gasteiger partial charge in [-0.1, -0.05) is 26.2 Å². The standard InChI is InChI=1S/C10H15F5O/c1-8(5-3-2-4-6-8)9(11,12)7(16)10(13,14)15/h7,16H,2-6H2,1H3. The van der Waals surface area contributed by atoms with Gasteiger partial charge < -0.3 is 5.11 Å². The molecule has 0 radical (unpaired) electrons. The summed E-state index contributed by atoms with van der Waals surface area (Å²) in [7, 11) is 0. The molecule has 0 amide bonds. The van der Waals surface area contributed by atoms with Gasteiger partial charge in [-0.25, -0.2) is 8.78 Å². The van der Waals surface area contributed by atoms with Crippen LogP contribution >= 0.6 is 0 Å². The maximum Gasteiger partial charge on any atom is 0.420 e. The van der Waals surface area contributed by atoms with Gasteiger partial charge in [0, 0.05) is 5.41 Å². The molecule has 0 bridgehead atoms. The first-order chi connectivity index (χ1) is 7.11. The average molecular weight is 246 g/mol. The van der Waals surface area contributed by atoms with Crippen LogP contribution in [0.15, 0.2) is 0 Å². The van der Waals surface area contributed by atoms with Crippen LogP contribution in [0.3, 0.4) is 0 Å². The molecule has 0 heterocycles. The van der Waals surface area contributed by atoms with Gasteiger partial charge >= 0.3 is 6.18 Å². The van der Waals surface area contributed by atoms with Crippen LogP contribution in [-0.2, 0) is 0 Å². The Hall–Kier alpha value is -0.390. The minimum absolute atomic E-state index is 0.0210. The van der Waals surface area contributed by atoms with E-state index in [1.807, 2.05) is 0 Å². The summed E-state index contributed by atoms with van der Waals surface area (Å²) in [5.41, 5.74) is -1.75. The molecule has 0 aromatic rings. The highest BCUT2D eigenvalue weighted by Crippen LogP contribution is 2.51. The molecule has 0 aromatic carbocycles. The van der Waals surface area contributed by atoms with Gasteiger partial charge in [-0.3, -0.25) is 0 Å². The molecule has 1 unspecified atom stereocenters. The molecule has 1 aliphatic carbocycles. The first-order valence-electron chi connectivity index (χ1n) is 5.24. The Labute approximate surface area is 90.6 Å². The van der Waals surface area contributed by atoms with Crippen molar-refractivity contribution in [2.45, 2.75) is 57.2 Å². The topological polar surface area (TPSA) is 20.2 Å². The van der Waals surface area contributed by atoms with E-state index in [1.54, 1.807) is 0 Å². The lowest BCUT2D eigenvalue weighted by atomic mass is 9.69. The second kappa shape index (κ2) is 4.13. The molecule has 6 heteroatoms. The summed E-state index contributed by atoms with van der Waals surface area (Å²) < 4.78 is 63.6. The second-order valence-electron chi connectivity index (χ2n) is 4.69. The van der Waals surface area contributed by atoms with Crippen LogP contribution in [0.4, 0.5) is 22.0 Å². The van der Waals surface area contributed by atoms with E-state index in [0.717, 1.165) is 13.3 Å². The van der Waals surface area contributed by atoms with Crippen molar-refractivity contribution in [3.8, 4) is 0 Å². The minimum Gasteiger partial charge on any atom is -0.379 e. The first kappa shape index (κ1) is 13.7. The Morgan fingerprint density at radius 2 is 1.44 bits per heavy atom. The van der Waals surface area contributed by atoms with Gasteiger partial charge in [-0.15, -0.1) is 0 Å². The quantitative estimate of drug-likeness (QED) is 0.739. The first-order valence-corrected chi connectivity index (χ1v) is 5.24. The highest BCUT2D eigenvalue weighted by atomic mass is 19.4. The summed E-state index contributed by atoms with van der Waals surface area (Å²) in [4.78, 5) is 0. The summed E-state index contributed by atoms with van der Waals surface area (Å²) in [5.74, 6) is -4.12. The van der Waals surface area contributed by atoms with E-state index in [4.69, 9.17) is 5.11 Å². The Morgan fingerprint density at radius 1 is 1.00 bits per heavy atom. The monoisotopic (exact) mass is 246 g/mol. The van der Waals surface area contributed by atoms with Crippen molar-refractivity contribution in [1.82, 2.24) is 0 Å². The van der Waals surface area contributed by atoms with Crippen LogP contribution in [-0.4, -0.2) is 23.3 Å². The third-order valence-corrected chi connectivity index (χ3v) is 3.42. The molecule has 1 atom stereocenters. The maximum absolute atomic E-state index is 13.6. The highest BCUT2D eigenvalue weighted by Gasteiger charge is 2.63. The summed E-state index contributed by atoms with van der Waals surface area (Å²) in [6.07, 6.45) is -7.08. The van der Waals surface area contributed by atoms with E-state index in [2.05, 4.69) is 0 Å². The van der Waals surface area contributed by atoms with E-state index >= 15 is 0 Å². The lowest BCUT2D eigenvalue weighted by molar-refractivity contribution is -0.301. The van der Waals surface area contributed by atoms with Crippen molar-refractivity contribution in [2.75, 3.05) is 0 Å². The van der Waals surface area contributed by atoms with Gasteiger partial charge in [-0.05, 0) is 12.8 Å². The molecule has 1 fully saturated rings. The molecule has 0 aliphatic heterocycles. The van der Waals surface area contributed by atoms with Gasteiger partial charge in [0.25, 0.3) is 5.92 Å². The zero-order valence-corrected chi connectivity index (χ0v) is 8.95. The summed E-state index contributed by atoms with van der Waals surface area (Å²) in [6.45, 7) is 1.13. The van der Waals surface area contributed by atoms with Crippen molar-refractivity contribution < 1.29 is 27.1 Å². The molecule has 0 aromatic heterocycles. The van der Waals surface area contributed by atoms with Crippen molar-refractivity contribution in [3.63, 3.8) is 0 Å². The number of alkyl halides is 5. The summed E-state index contributed by atoms with van der Waals surface area (Å²) >= 11 is 0. The Morgan fingerprint density at radius 3 is 1.81 bits per heavy atom. The zero-order valence-electron chi connectivity index (χ0n) is 8.95. The van der Waals surface area contributed by atoms with Crippen molar-refractivity contribution in [2.24, 2.45) is 5.41 Å². The zero-order chi connectivity index (χ0) is 12.6. The SMILES string of the molecule is CC1(C(F)(F)C(O)C(F)(F)F)CCCCC1. The number of aliphatic hydroxyl groups is 1. The molecule has 0 spiro atoms. The molecular formula is C10H15F5O. The van der Waals surface area contributed by atoms with Crippen molar-refractivity contribution in [1.29, 1.82) is 0 Å². The predicted molar refractivity (Wildman–Crippen MR) is 48.2 cm³/mol. The van der Waals surface area contributed by atoms with E-state index < -0.39 is 23.6 Å². The van der Waals surface area contributed by atoms with Gasteiger partial charge in [0.15, 0.2) is 0 Å². The lowest BCUT2D eigenvalue weighted by Crippen LogP contribution is -2.55. The number of aliphatic hydroxyl groups excluding tert-OH is 1. The van der Waals surface area contributed by atoms with Crippen LogP contribution in [0.2, 0.25) is 0 Å². The van der Waals surface area contributed by atoms with Gasteiger partial charge in [0.1, 0.15) is 0 Å². The number of hydrogen-bond donors (Lipinski definition) is 1. The van der Waals surface area contributed by atoms with Crippen LogP contribution in [0, 0.1) is 5.41 Å². The normalized spacial score (nSPS) is 24.2. The predicted octanol–water partition coefficient (Wildman–Crippen LogP) is 3.52. The third kappa shape index (κ3) is 2.31. The van der Waals surface area contributed by atoms with E-state index in [9.17, 15) is 22.0 Å². The second-order valence-corrected chi connectivity index (χ2v) is 4.69. The molecular weight excluding hydrogens is 231 g/mol. The van der Waals surface area contributed by atoms with Gasteiger partial charge in [0.05, 0.1) is 0 Å². The van der Waals surface area contributed by atoms with Crippen LogP contribution < -0.4 is 0 Å². The molecule has 1 N–H and O–H groups in total. The fourth-order valence-corrected chi connectivity index (χ4v) is 2.20. The van der Waals surface area contributed by atoms with Crippen molar-refractivity contribution >= 4 is 0 Å². The Kier molecular flexibility index (Phi) is 3.53. The van der Waals surface area contributed by atoms with Gasteiger partial charge in [0.2, 0.25) is 6.10 Å². The average Bonchev–Trinajstić information content (AvgIpc) is 2.16. The van der Waals surface area contributed by atoms with E-state index in [-0.39, 0.29) is 12.8 Å². The summed E-state index contributed by atoms with van der Waals surface area (Å²) in [5, 5.41) is 8.76. The molecule has 16 heavy (non-hydrogen) atoms. The van der Waals surface area contributed by atoms with Crippen LogP contribution in [0.5, 0.6) is 0 Å². The van der Waals surface area contributed by atoms with Crippen LogP contribution in [0.1, 0.15) is 39.0 Å². The molecule has 96 valence electrons. The molecule has 0 saturated heterocycles. The number of halogens is 5. The molecule has 1 aliphatic rings. The maximum atomic E-state index is 13.6. The summed E-state index contributed by atoms with van der Waals surface area (Å²) in [6, 6.07) is 0. The Balaban J connectivity index is 2.90. The Bertz CT molecular complexity index is 242. The highest BCUT2D eigenvalue weighted by molar-refractivity contribution is 4.97. The van der Waals surface area contributed by atoms with Crippen molar-refractivity contribution in [3.05, 3.63) is 0 Å². The number of hydrogen-bond acceptors (Lipinski definition) is 1. The number of rotatable bonds is 2.